The zero-order valence-electron chi connectivity index (χ0n) is 18.2. The molecule has 0 fully saturated rings. The normalized spacial score (nSPS) is 11.5. The van der Waals surface area contributed by atoms with E-state index in [-0.39, 0.29) is 11.6 Å². The third-order valence-electron chi connectivity index (χ3n) is 5.81. The monoisotopic (exact) mass is 468 g/mol. The molecule has 6 aromatic rings. The number of aromatic amines is 2. The molecule has 6 rings (SSSR count). The van der Waals surface area contributed by atoms with E-state index in [4.69, 9.17) is 0 Å². The number of aryl methyl sites for hydroxylation is 1. The van der Waals surface area contributed by atoms with Gasteiger partial charge in [-0.1, -0.05) is 0 Å². The van der Waals surface area contributed by atoms with Crippen LogP contribution in [0.1, 0.15) is 22.2 Å². The molecule has 7 nitrogen and oxygen atoms in total. The van der Waals surface area contributed by atoms with E-state index < -0.39 is 0 Å². The van der Waals surface area contributed by atoms with Crippen LogP contribution in [0.5, 0.6) is 0 Å². The summed E-state index contributed by atoms with van der Waals surface area (Å²) in [4.78, 5) is 29.9. The third-order valence-corrected chi connectivity index (χ3v) is 7.03. The number of imidazole rings is 1. The highest BCUT2D eigenvalue weighted by Crippen LogP contribution is 2.36. The van der Waals surface area contributed by atoms with Crippen LogP contribution in [-0.4, -0.2) is 35.9 Å². The molecular weight excluding hydrogens is 451 g/mol. The lowest BCUT2D eigenvalue weighted by molar-refractivity contribution is 0.102. The number of hydrogen-bond donors (Lipinski definition) is 2. The van der Waals surface area contributed by atoms with Gasteiger partial charge in [0.1, 0.15) is 11.5 Å². The molecule has 166 valence electrons. The van der Waals surface area contributed by atoms with Gasteiger partial charge in [-0.15, -0.1) is 11.3 Å². The third kappa shape index (κ3) is 3.20. The summed E-state index contributed by atoms with van der Waals surface area (Å²) >= 11 is 1.43. The Balaban J connectivity index is 1.51. The molecule has 0 aliphatic rings. The molecule has 0 aliphatic carbocycles. The predicted molar refractivity (Wildman–Crippen MR) is 130 cm³/mol. The average Bonchev–Trinajstić information content (AvgIpc) is 3.56. The number of halogens is 1. The van der Waals surface area contributed by atoms with E-state index in [2.05, 4.69) is 30.1 Å². The number of rotatable bonds is 4. The Labute approximate surface area is 196 Å². The number of aromatic nitrogens is 6. The highest BCUT2D eigenvalue weighted by Gasteiger charge is 2.19. The Kier molecular flexibility index (Phi) is 4.59. The Morgan fingerprint density at radius 1 is 1.06 bits per heavy atom. The van der Waals surface area contributed by atoms with E-state index in [9.17, 15) is 9.18 Å². The number of pyridine rings is 2. The van der Waals surface area contributed by atoms with Crippen LogP contribution in [-0.2, 0) is 0 Å². The summed E-state index contributed by atoms with van der Waals surface area (Å²) in [6.07, 6.45) is 5.04. The largest absolute Gasteiger partial charge is 0.335 e. The summed E-state index contributed by atoms with van der Waals surface area (Å²) in [5.74, 6) is 0.193. The highest BCUT2D eigenvalue weighted by molar-refractivity contribution is 7.17. The van der Waals surface area contributed by atoms with Crippen molar-refractivity contribution < 1.29 is 9.18 Å². The molecule has 5 aromatic heterocycles. The van der Waals surface area contributed by atoms with E-state index in [1.165, 1.54) is 17.4 Å². The van der Waals surface area contributed by atoms with E-state index >= 15 is 0 Å². The molecule has 2 N–H and O–H groups in total. The predicted octanol–water partition coefficient (Wildman–Crippen LogP) is 5.94. The summed E-state index contributed by atoms with van der Waals surface area (Å²) in [6, 6.07) is 10.7. The van der Waals surface area contributed by atoms with Gasteiger partial charge in [-0.25, -0.2) is 14.4 Å². The van der Waals surface area contributed by atoms with Gasteiger partial charge in [0.25, 0.3) is 0 Å². The van der Waals surface area contributed by atoms with Crippen LogP contribution >= 0.6 is 11.3 Å². The molecule has 0 atom stereocenters. The van der Waals surface area contributed by atoms with Crippen molar-refractivity contribution in [3.63, 3.8) is 0 Å². The van der Waals surface area contributed by atoms with Gasteiger partial charge < -0.3 is 4.98 Å². The first-order valence-corrected chi connectivity index (χ1v) is 11.4. The van der Waals surface area contributed by atoms with E-state index in [1.807, 2.05) is 31.2 Å². The number of H-pyrrole nitrogens is 2. The summed E-state index contributed by atoms with van der Waals surface area (Å²) in [6.45, 7) is 3.48. The van der Waals surface area contributed by atoms with Crippen molar-refractivity contribution in [2.75, 3.05) is 0 Å². The summed E-state index contributed by atoms with van der Waals surface area (Å²) < 4.78 is 14.9. The first-order chi connectivity index (χ1) is 16.5. The standard InChI is InChI=1S/C25H17FN6OS/c1-12-5-7-27-11-17(12)15-9-16-19(10-18(15)26)31-32-23(16)25-29-22-14(6-8-28-24(22)30-25)21-4-3-20(34-21)13(2)33/h3-11H,1-2H3,(H,31,32)(H,28,29,30). The molecule has 0 unspecified atom stereocenters. The number of benzene rings is 1. The second kappa shape index (κ2) is 7.67. The minimum absolute atomic E-state index is 0.0294. The lowest BCUT2D eigenvalue weighted by Crippen LogP contribution is -1.90. The van der Waals surface area contributed by atoms with Crippen LogP contribution in [0.15, 0.2) is 55.0 Å². The fourth-order valence-electron chi connectivity index (χ4n) is 4.07. The highest BCUT2D eigenvalue weighted by atomic mass is 32.1. The fourth-order valence-corrected chi connectivity index (χ4v) is 5.00. The smallest absolute Gasteiger partial charge is 0.178 e. The second-order valence-electron chi connectivity index (χ2n) is 8.00. The Morgan fingerprint density at radius 3 is 2.74 bits per heavy atom. The zero-order chi connectivity index (χ0) is 23.4. The van der Waals surface area contributed by atoms with Crippen LogP contribution in [0.4, 0.5) is 4.39 Å². The summed E-state index contributed by atoms with van der Waals surface area (Å²) in [5.41, 5.74) is 5.42. The van der Waals surface area contributed by atoms with Crippen molar-refractivity contribution in [3.05, 3.63) is 71.2 Å². The maximum Gasteiger partial charge on any atom is 0.178 e. The first kappa shape index (κ1) is 20.4. The second-order valence-corrected chi connectivity index (χ2v) is 9.09. The van der Waals surface area contributed by atoms with Crippen molar-refractivity contribution in [1.29, 1.82) is 0 Å². The number of hydrogen-bond acceptors (Lipinski definition) is 6. The van der Waals surface area contributed by atoms with Crippen molar-refractivity contribution in [3.8, 4) is 33.1 Å². The molecule has 0 bridgehead atoms. The molecule has 0 saturated heterocycles. The van der Waals surface area contributed by atoms with Crippen LogP contribution in [0, 0.1) is 12.7 Å². The van der Waals surface area contributed by atoms with Crippen molar-refractivity contribution in [2.45, 2.75) is 13.8 Å². The summed E-state index contributed by atoms with van der Waals surface area (Å²) in [7, 11) is 0. The molecule has 5 heterocycles. The maximum absolute atomic E-state index is 14.9. The minimum atomic E-state index is -0.355. The lowest BCUT2D eigenvalue weighted by atomic mass is 10.0. The van der Waals surface area contributed by atoms with Gasteiger partial charge in [-0.2, -0.15) is 5.10 Å². The Hall–Kier alpha value is -4.24. The van der Waals surface area contributed by atoms with Crippen LogP contribution in [0.25, 0.3) is 55.2 Å². The molecular formula is C25H17FN6OS. The van der Waals surface area contributed by atoms with Gasteiger partial charge in [0, 0.05) is 51.6 Å². The van der Waals surface area contributed by atoms with Crippen molar-refractivity contribution >= 4 is 39.2 Å². The number of nitrogens with one attached hydrogen (secondary N) is 2. The van der Waals surface area contributed by atoms with Gasteiger partial charge >= 0.3 is 0 Å². The topological polar surface area (TPSA) is 100 Å². The van der Waals surface area contributed by atoms with Crippen LogP contribution < -0.4 is 0 Å². The average molecular weight is 469 g/mol. The number of nitrogens with zero attached hydrogens (tertiary/aromatic N) is 4. The van der Waals surface area contributed by atoms with E-state index in [1.54, 1.807) is 31.6 Å². The molecule has 0 amide bonds. The SMILES string of the molecule is CC(=O)c1ccc(-c2ccnc3nc(-c4n[nH]c5cc(F)c(-c6cnccc6C)cc45)[nH]c23)s1. The first-order valence-electron chi connectivity index (χ1n) is 10.5. The molecule has 0 radical (unpaired) electrons. The molecule has 0 spiro atoms. The van der Waals surface area contributed by atoms with Crippen LogP contribution in [0.3, 0.4) is 0 Å². The maximum atomic E-state index is 14.9. The van der Waals surface area contributed by atoms with Crippen molar-refractivity contribution in [1.82, 2.24) is 30.1 Å². The number of ketones is 1. The van der Waals surface area contributed by atoms with Gasteiger partial charge in [0.2, 0.25) is 0 Å². The zero-order valence-corrected chi connectivity index (χ0v) is 19.0. The van der Waals surface area contributed by atoms with Crippen molar-refractivity contribution in [2.24, 2.45) is 0 Å². The Morgan fingerprint density at radius 2 is 1.94 bits per heavy atom. The number of Topliss-reactive ketones (excluding diaryl/α,β-unsaturated/α-hetero) is 1. The molecule has 0 saturated carbocycles. The molecule has 9 heteroatoms. The quantitative estimate of drug-likeness (QED) is 0.312. The summed E-state index contributed by atoms with van der Waals surface area (Å²) in [5, 5.41) is 8.06. The number of carbonyl (C=O) groups is 1. The number of thiophene rings is 1. The molecule has 0 aliphatic heterocycles. The van der Waals surface area contributed by atoms with Gasteiger partial charge in [-0.05, 0) is 49.7 Å². The Bertz CT molecular complexity index is 1730. The van der Waals surface area contributed by atoms with E-state index in [0.29, 0.717) is 33.1 Å². The molecule has 1 aromatic carbocycles. The number of carbonyl (C=O) groups excluding carboxylic acids is 1. The lowest BCUT2D eigenvalue weighted by Gasteiger charge is -2.07. The van der Waals surface area contributed by atoms with E-state index in [0.717, 1.165) is 32.5 Å². The van der Waals surface area contributed by atoms with Gasteiger partial charge in [0.05, 0.1) is 15.9 Å². The molecule has 34 heavy (non-hydrogen) atoms. The minimum Gasteiger partial charge on any atom is -0.335 e. The van der Waals surface area contributed by atoms with Gasteiger partial charge in [0.15, 0.2) is 17.3 Å². The van der Waals surface area contributed by atoms with Crippen LogP contribution in [0.2, 0.25) is 0 Å². The fraction of sp³-hybridized carbons (Fsp3) is 0.0800. The van der Waals surface area contributed by atoms with Gasteiger partial charge in [-0.3, -0.25) is 14.9 Å². The number of fused-ring (bicyclic) bond motifs is 2.